The molecule has 1 unspecified atom stereocenters. The highest BCUT2D eigenvalue weighted by molar-refractivity contribution is 6.07. The Labute approximate surface area is 126 Å². The van der Waals surface area contributed by atoms with Crippen molar-refractivity contribution in [2.75, 3.05) is 19.6 Å². The minimum atomic E-state index is -0.719. The summed E-state index contributed by atoms with van der Waals surface area (Å²) in [6.45, 7) is 3.16. The highest BCUT2D eigenvalue weighted by atomic mass is 16.3. The molecule has 0 aromatic carbocycles. The van der Waals surface area contributed by atoms with E-state index < -0.39 is 11.6 Å². The molecule has 2 rings (SSSR count). The Hall–Kier alpha value is -1.14. The number of amides is 3. The molecule has 1 saturated carbocycles. The molecule has 6 heteroatoms. The van der Waals surface area contributed by atoms with Gasteiger partial charge in [-0.3, -0.25) is 9.69 Å². The zero-order valence-corrected chi connectivity index (χ0v) is 12.9. The molecule has 0 aromatic rings. The van der Waals surface area contributed by atoms with Crippen LogP contribution in [0.5, 0.6) is 0 Å². The number of carbonyl (C=O) groups is 2. The molecule has 1 atom stereocenters. The summed E-state index contributed by atoms with van der Waals surface area (Å²) in [6, 6.07) is -0.351. The van der Waals surface area contributed by atoms with Crippen LogP contribution in [-0.2, 0) is 4.79 Å². The van der Waals surface area contributed by atoms with Crippen molar-refractivity contribution in [3.8, 4) is 0 Å². The molecular weight excluding hydrogens is 270 g/mol. The lowest BCUT2D eigenvalue weighted by Gasteiger charge is -2.28. The third kappa shape index (κ3) is 3.74. The van der Waals surface area contributed by atoms with E-state index >= 15 is 0 Å². The fourth-order valence-corrected chi connectivity index (χ4v) is 3.28. The molecule has 1 aliphatic carbocycles. The molecule has 1 heterocycles. The maximum absolute atomic E-state index is 12.7. The SMILES string of the molecule is CCNCC(O)CN1C(=O)NC2(CCCCCCC2)C1=O. The van der Waals surface area contributed by atoms with Gasteiger partial charge in [0.2, 0.25) is 0 Å². The van der Waals surface area contributed by atoms with Crippen molar-refractivity contribution >= 4 is 11.9 Å². The summed E-state index contributed by atoms with van der Waals surface area (Å²) in [5.41, 5.74) is -0.713. The zero-order chi connectivity index (χ0) is 15.3. The summed E-state index contributed by atoms with van der Waals surface area (Å²) in [5.74, 6) is -0.148. The third-order valence-corrected chi connectivity index (χ3v) is 4.48. The lowest BCUT2D eigenvalue weighted by atomic mass is 9.84. The Kier molecular flexibility index (Phi) is 5.58. The lowest BCUT2D eigenvalue weighted by molar-refractivity contribution is -0.133. The van der Waals surface area contributed by atoms with Crippen molar-refractivity contribution in [1.82, 2.24) is 15.5 Å². The van der Waals surface area contributed by atoms with Gasteiger partial charge in [-0.1, -0.05) is 39.0 Å². The van der Waals surface area contributed by atoms with E-state index in [9.17, 15) is 14.7 Å². The average Bonchev–Trinajstić information content (AvgIpc) is 2.66. The van der Waals surface area contributed by atoms with Crippen molar-refractivity contribution < 1.29 is 14.7 Å². The number of imide groups is 1. The molecule has 1 aliphatic heterocycles. The molecule has 120 valence electrons. The predicted octanol–water partition coefficient (Wildman–Crippen LogP) is 0.992. The highest BCUT2D eigenvalue weighted by Crippen LogP contribution is 2.32. The molecule has 2 fully saturated rings. The van der Waals surface area contributed by atoms with Crippen molar-refractivity contribution in [2.45, 2.75) is 63.5 Å². The summed E-state index contributed by atoms with van der Waals surface area (Å²) < 4.78 is 0. The lowest BCUT2D eigenvalue weighted by Crippen LogP contribution is -2.48. The summed E-state index contributed by atoms with van der Waals surface area (Å²) in [7, 11) is 0. The average molecular weight is 297 g/mol. The van der Waals surface area contributed by atoms with Gasteiger partial charge in [-0.05, 0) is 19.4 Å². The van der Waals surface area contributed by atoms with Crippen molar-refractivity contribution in [3.05, 3.63) is 0 Å². The van der Waals surface area contributed by atoms with Gasteiger partial charge in [-0.2, -0.15) is 0 Å². The van der Waals surface area contributed by atoms with Gasteiger partial charge in [0.05, 0.1) is 12.6 Å². The number of likely N-dealkylation sites (N-methyl/N-ethyl adjacent to an activating group) is 1. The van der Waals surface area contributed by atoms with Gasteiger partial charge in [-0.25, -0.2) is 4.79 Å². The van der Waals surface area contributed by atoms with Gasteiger partial charge in [0, 0.05) is 6.54 Å². The smallest absolute Gasteiger partial charge is 0.325 e. The standard InChI is InChI=1S/C15H27N3O3/c1-2-16-10-12(19)11-18-13(20)15(17-14(18)21)8-6-4-3-5-7-9-15/h12,16,19H,2-11H2,1H3,(H,17,21). The second kappa shape index (κ2) is 7.22. The van der Waals surface area contributed by atoms with Crippen LogP contribution in [0.25, 0.3) is 0 Å². The van der Waals surface area contributed by atoms with Crippen LogP contribution in [0.3, 0.4) is 0 Å². The normalized spacial score (nSPS) is 23.8. The number of nitrogens with one attached hydrogen (secondary N) is 2. The Morgan fingerprint density at radius 2 is 1.86 bits per heavy atom. The van der Waals surface area contributed by atoms with Crippen molar-refractivity contribution in [3.63, 3.8) is 0 Å². The molecule has 2 aliphatic rings. The first kappa shape index (κ1) is 16.2. The van der Waals surface area contributed by atoms with E-state index in [1.807, 2.05) is 6.92 Å². The van der Waals surface area contributed by atoms with E-state index in [4.69, 9.17) is 0 Å². The van der Waals surface area contributed by atoms with Crippen LogP contribution in [-0.4, -0.2) is 53.2 Å². The van der Waals surface area contributed by atoms with Crippen LogP contribution in [0.2, 0.25) is 0 Å². The highest BCUT2D eigenvalue weighted by Gasteiger charge is 2.50. The summed E-state index contributed by atoms with van der Waals surface area (Å²) in [6.07, 6.45) is 6.11. The second-order valence-electron chi connectivity index (χ2n) is 6.16. The number of aliphatic hydroxyl groups is 1. The van der Waals surface area contributed by atoms with Crippen molar-refractivity contribution in [2.24, 2.45) is 0 Å². The number of carbonyl (C=O) groups excluding carboxylic acids is 2. The Morgan fingerprint density at radius 1 is 1.24 bits per heavy atom. The second-order valence-corrected chi connectivity index (χ2v) is 6.16. The number of rotatable bonds is 5. The monoisotopic (exact) mass is 297 g/mol. The molecule has 6 nitrogen and oxygen atoms in total. The number of hydrogen-bond acceptors (Lipinski definition) is 4. The van der Waals surface area contributed by atoms with Crippen LogP contribution in [0.4, 0.5) is 4.79 Å². The topological polar surface area (TPSA) is 81.7 Å². The molecule has 1 saturated heterocycles. The molecular formula is C15H27N3O3. The number of urea groups is 1. The first-order valence-electron chi connectivity index (χ1n) is 8.12. The maximum atomic E-state index is 12.7. The van der Waals surface area contributed by atoms with Crippen molar-refractivity contribution in [1.29, 1.82) is 0 Å². The fraction of sp³-hybridized carbons (Fsp3) is 0.867. The molecule has 0 bridgehead atoms. The van der Waals surface area contributed by atoms with Crippen LogP contribution < -0.4 is 10.6 Å². The first-order chi connectivity index (χ1) is 10.1. The fourth-order valence-electron chi connectivity index (χ4n) is 3.28. The van der Waals surface area contributed by atoms with Crippen LogP contribution >= 0.6 is 0 Å². The Balaban J connectivity index is 2.00. The largest absolute Gasteiger partial charge is 0.390 e. The Bertz CT molecular complexity index is 378. The molecule has 1 spiro atoms. The number of hydrogen-bond donors (Lipinski definition) is 3. The van der Waals surface area contributed by atoms with Gasteiger partial charge in [0.25, 0.3) is 5.91 Å². The first-order valence-corrected chi connectivity index (χ1v) is 8.12. The van der Waals surface area contributed by atoms with Gasteiger partial charge < -0.3 is 15.7 Å². The van der Waals surface area contributed by atoms with Gasteiger partial charge in [0.15, 0.2) is 0 Å². The summed E-state index contributed by atoms with van der Waals surface area (Å²) in [5, 5.41) is 15.9. The van der Waals surface area contributed by atoms with Crippen LogP contribution in [0.15, 0.2) is 0 Å². The van der Waals surface area contributed by atoms with E-state index in [-0.39, 0.29) is 18.5 Å². The third-order valence-electron chi connectivity index (χ3n) is 4.48. The number of β-amino-alcohol motifs (C(OH)–C–C–N with tert-alkyl or cyclic N) is 1. The minimum absolute atomic E-state index is 0.0689. The zero-order valence-electron chi connectivity index (χ0n) is 12.9. The quantitative estimate of drug-likeness (QED) is 0.661. The summed E-state index contributed by atoms with van der Waals surface area (Å²) in [4.78, 5) is 26.0. The van der Waals surface area contributed by atoms with E-state index in [1.54, 1.807) is 0 Å². The minimum Gasteiger partial charge on any atom is -0.390 e. The molecule has 3 N–H and O–H groups in total. The molecule has 3 amide bonds. The molecule has 0 aromatic heterocycles. The van der Waals surface area contributed by atoms with Gasteiger partial charge in [-0.15, -0.1) is 0 Å². The van der Waals surface area contributed by atoms with Gasteiger partial charge in [0.1, 0.15) is 5.54 Å². The maximum Gasteiger partial charge on any atom is 0.325 e. The van der Waals surface area contributed by atoms with E-state index in [2.05, 4.69) is 10.6 Å². The molecule has 0 radical (unpaired) electrons. The van der Waals surface area contributed by atoms with E-state index in [0.29, 0.717) is 6.54 Å². The van der Waals surface area contributed by atoms with Crippen LogP contribution in [0.1, 0.15) is 51.9 Å². The number of aliphatic hydroxyl groups excluding tert-OH is 1. The van der Waals surface area contributed by atoms with Gasteiger partial charge >= 0.3 is 6.03 Å². The molecule has 21 heavy (non-hydrogen) atoms. The predicted molar refractivity (Wildman–Crippen MR) is 79.8 cm³/mol. The van der Waals surface area contributed by atoms with Crippen LogP contribution in [0, 0.1) is 0 Å². The number of nitrogens with zero attached hydrogens (tertiary/aromatic N) is 1. The summed E-state index contributed by atoms with van der Waals surface area (Å²) >= 11 is 0. The Morgan fingerprint density at radius 3 is 2.48 bits per heavy atom. The van der Waals surface area contributed by atoms with E-state index in [1.165, 1.54) is 11.3 Å². The van der Waals surface area contributed by atoms with E-state index in [0.717, 1.165) is 45.1 Å².